The molecule has 0 aromatic carbocycles. The summed E-state index contributed by atoms with van der Waals surface area (Å²) >= 11 is 0. The Bertz CT molecular complexity index is 150. The summed E-state index contributed by atoms with van der Waals surface area (Å²) in [5.41, 5.74) is -0.450. The minimum atomic E-state index is -0.450. The van der Waals surface area contributed by atoms with Crippen LogP contribution in [0.15, 0.2) is 0 Å². The van der Waals surface area contributed by atoms with Crippen molar-refractivity contribution in [3.05, 3.63) is 0 Å². The topological polar surface area (TPSA) is 23.1 Å². The minimum Gasteiger partial charge on any atom is -0.849 e. The lowest BCUT2D eigenvalue weighted by Crippen LogP contribution is -2.58. The molecule has 0 aromatic rings. The molecule has 4 saturated carbocycles. The van der Waals surface area contributed by atoms with Gasteiger partial charge in [-0.15, -0.1) is 5.60 Å². The Morgan fingerprint density at radius 2 is 1.18 bits per heavy atom. The minimum absolute atomic E-state index is 0.450. The van der Waals surface area contributed by atoms with Crippen LogP contribution in [-0.2, 0) is 0 Å². The highest BCUT2D eigenvalue weighted by Crippen LogP contribution is 2.54. The van der Waals surface area contributed by atoms with Crippen molar-refractivity contribution in [3.63, 3.8) is 0 Å². The fourth-order valence-corrected chi connectivity index (χ4v) is 4.03. The van der Waals surface area contributed by atoms with Crippen LogP contribution in [0.3, 0.4) is 0 Å². The third kappa shape index (κ3) is 0.868. The summed E-state index contributed by atoms with van der Waals surface area (Å²) in [5.74, 6) is 2.50. The van der Waals surface area contributed by atoms with E-state index in [2.05, 4.69) is 0 Å². The molecule has 62 valence electrons. The van der Waals surface area contributed by atoms with Crippen LogP contribution in [-0.4, -0.2) is 5.60 Å². The van der Waals surface area contributed by atoms with Gasteiger partial charge in [0.25, 0.3) is 0 Å². The van der Waals surface area contributed by atoms with Gasteiger partial charge in [0.2, 0.25) is 0 Å². The molecule has 11 heavy (non-hydrogen) atoms. The highest BCUT2D eigenvalue weighted by molar-refractivity contribution is 5.00. The summed E-state index contributed by atoms with van der Waals surface area (Å²) in [5, 5.41) is 12.0. The first-order chi connectivity index (χ1) is 5.23. The third-order valence-corrected chi connectivity index (χ3v) is 3.98. The molecule has 1 nitrogen and oxygen atoms in total. The first-order valence-electron chi connectivity index (χ1n) is 4.94. The second-order valence-corrected chi connectivity index (χ2v) is 5.10. The van der Waals surface area contributed by atoms with Crippen LogP contribution in [0.4, 0.5) is 0 Å². The standard InChI is InChI=1S/C10H15O/c11-10-4-7-1-8(5-10)3-9(2-7)6-10/h7-9H,1-6H2/q-1. The lowest BCUT2D eigenvalue weighted by Gasteiger charge is -2.61. The first-order valence-corrected chi connectivity index (χ1v) is 4.94. The molecule has 4 aliphatic rings. The smallest absolute Gasteiger partial charge is 0.0417 e. The predicted molar refractivity (Wildman–Crippen MR) is 40.9 cm³/mol. The molecule has 4 fully saturated rings. The van der Waals surface area contributed by atoms with Gasteiger partial charge in [0.05, 0.1) is 0 Å². The molecule has 0 radical (unpaired) electrons. The maximum Gasteiger partial charge on any atom is -0.0417 e. The van der Waals surface area contributed by atoms with E-state index in [0.717, 1.165) is 37.0 Å². The fraction of sp³-hybridized carbons (Fsp3) is 1.00. The largest absolute Gasteiger partial charge is 0.849 e. The lowest BCUT2D eigenvalue weighted by molar-refractivity contribution is -0.504. The maximum absolute atomic E-state index is 12.0. The zero-order chi connectivity index (χ0) is 7.47. The SMILES string of the molecule is [O-]C12CC3CC(CC(C3)C1)C2. The van der Waals surface area contributed by atoms with Crippen LogP contribution in [0.1, 0.15) is 38.5 Å². The van der Waals surface area contributed by atoms with Crippen LogP contribution in [0, 0.1) is 17.8 Å². The predicted octanol–water partition coefficient (Wildman–Crippen LogP) is 1.32. The molecular weight excluding hydrogens is 136 g/mol. The van der Waals surface area contributed by atoms with E-state index in [9.17, 15) is 5.11 Å². The molecule has 0 aromatic heterocycles. The Hall–Kier alpha value is -0.0400. The summed E-state index contributed by atoms with van der Waals surface area (Å²) in [6.45, 7) is 0. The van der Waals surface area contributed by atoms with Gasteiger partial charge in [-0.1, -0.05) is 19.3 Å². The second-order valence-electron chi connectivity index (χ2n) is 5.10. The number of hydrogen-bond donors (Lipinski definition) is 0. The Labute approximate surface area is 67.8 Å². The van der Waals surface area contributed by atoms with Crippen molar-refractivity contribution < 1.29 is 5.11 Å². The number of rotatable bonds is 0. The molecule has 0 spiro atoms. The molecule has 0 atom stereocenters. The van der Waals surface area contributed by atoms with Crippen molar-refractivity contribution in [2.45, 2.75) is 44.1 Å². The molecule has 0 aliphatic heterocycles. The summed E-state index contributed by atoms with van der Waals surface area (Å²) in [4.78, 5) is 0. The highest BCUT2D eigenvalue weighted by Gasteiger charge is 2.44. The zero-order valence-corrected chi connectivity index (χ0v) is 6.88. The molecular formula is C10H15O-. The summed E-state index contributed by atoms with van der Waals surface area (Å²) in [7, 11) is 0. The van der Waals surface area contributed by atoms with Gasteiger partial charge in [0.1, 0.15) is 0 Å². The van der Waals surface area contributed by atoms with Crippen molar-refractivity contribution in [1.29, 1.82) is 0 Å². The second kappa shape index (κ2) is 1.82. The van der Waals surface area contributed by atoms with Crippen LogP contribution in [0.25, 0.3) is 0 Å². The summed E-state index contributed by atoms with van der Waals surface area (Å²) in [6.07, 6.45) is 7.21. The Morgan fingerprint density at radius 1 is 0.818 bits per heavy atom. The Balaban J connectivity index is 1.94. The van der Waals surface area contributed by atoms with E-state index in [4.69, 9.17) is 0 Å². The first kappa shape index (κ1) is 6.47. The molecule has 1 heteroatoms. The molecule has 0 amide bonds. The van der Waals surface area contributed by atoms with E-state index in [-0.39, 0.29) is 0 Å². The summed E-state index contributed by atoms with van der Waals surface area (Å²) in [6, 6.07) is 0. The van der Waals surface area contributed by atoms with Crippen molar-refractivity contribution in [1.82, 2.24) is 0 Å². The van der Waals surface area contributed by atoms with Gasteiger partial charge in [0, 0.05) is 0 Å². The molecule has 0 unspecified atom stereocenters. The monoisotopic (exact) mass is 151 g/mol. The Morgan fingerprint density at radius 3 is 1.45 bits per heavy atom. The molecule has 0 heterocycles. The highest BCUT2D eigenvalue weighted by atomic mass is 16.3. The van der Waals surface area contributed by atoms with Crippen molar-refractivity contribution in [2.75, 3.05) is 0 Å². The fourth-order valence-electron chi connectivity index (χ4n) is 4.03. The maximum atomic E-state index is 12.0. The van der Waals surface area contributed by atoms with Crippen LogP contribution < -0.4 is 5.11 Å². The Kier molecular flexibility index (Phi) is 1.07. The van der Waals surface area contributed by atoms with Crippen molar-refractivity contribution in [3.8, 4) is 0 Å². The molecule has 0 N–H and O–H groups in total. The summed E-state index contributed by atoms with van der Waals surface area (Å²) < 4.78 is 0. The van der Waals surface area contributed by atoms with Gasteiger partial charge in [-0.05, 0) is 37.0 Å². The lowest BCUT2D eigenvalue weighted by atomic mass is 9.54. The quantitative estimate of drug-likeness (QED) is 0.512. The van der Waals surface area contributed by atoms with E-state index < -0.39 is 5.60 Å². The average molecular weight is 151 g/mol. The molecule has 0 saturated heterocycles. The molecule has 4 rings (SSSR count). The van der Waals surface area contributed by atoms with E-state index >= 15 is 0 Å². The van der Waals surface area contributed by atoms with Crippen LogP contribution >= 0.6 is 0 Å². The van der Waals surface area contributed by atoms with Crippen molar-refractivity contribution in [2.24, 2.45) is 17.8 Å². The van der Waals surface area contributed by atoms with Crippen LogP contribution in [0.5, 0.6) is 0 Å². The average Bonchev–Trinajstić information content (AvgIpc) is 1.79. The van der Waals surface area contributed by atoms with Gasteiger partial charge in [0.15, 0.2) is 0 Å². The number of hydrogen-bond acceptors (Lipinski definition) is 1. The third-order valence-electron chi connectivity index (χ3n) is 3.98. The van der Waals surface area contributed by atoms with Gasteiger partial charge >= 0.3 is 0 Å². The van der Waals surface area contributed by atoms with E-state index in [1.807, 2.05) is 0 Å². The van der Waals surface area contributed by atoms with Gasteiger partial charge in [-0.2, -0.15) is 0 Å². The van der Waals surface area contributed by atoms with E-state index in [1.165, 1.54) is 19.3 Å². The normalized spacial score (nSPS) is 60.3. The van der Waals surface area contributed by atoms with Crippen LogP contribution in [0.2, 0.25) is 0 Å². The van der Waals surface area contributed by atoms with Crippen molar-refractivity contribution >= 4 is 0 Å². The van der Waals surface area contributed by atoms with Gasteiger partial charge in [-0.25, -0.2) is 0 Å². The molecule has 4 aliphatic carbocycles. The van der Waals surface area contributed by atoms with Gasteiger partial charge < -0.3 is 5.11 Å². The van der Waals surface area contributed by atoms with E-state index in [1.54, 1.807) is 0 Å². The van der Waals surface area contributed by atoms with E-state index in [0.29, 0.717) is 0 Å². The zero-order valence-electron chi connectivity index (χ0n) is 6.88. The molecule has 4 bridgehead atoms. The van der Waals surface area contributed by atoms with Gasteiger partial charge in [-0.3, -0.25) is 0 Å².